The van der Waals surface area contributed by atoms with E-state index in [0.717, 1.165) is 12.8 Å². The van der Waals surface area contributed by atoms with Crippen LogP contribution in [0.2, 0.25) is 0 Å². The van der Waals surface area contributed by atoms with E-state index in [9.17, 15) is 19.7 Å². The first-order valence-electron chi connectivity index (χ1n) is 9.60. The number of carbonyl (C=O) groups excluding carboxylic acids is 2. The van der Waals surface area contributed by atoms with E-state index in [4.69, 9.17) is 4.74 Å². The highest BCUT2D eigenvalue weighted by Crippen LogP contribution is 2.17. The normalized spacial score (nSPS) is 10.2. The number of hydrogen-bond donors (Lipinski definition) is 2. The molecule has 8 nitrogen and oxygen atoms in total. The Kier molecular flexibility index (Phi) is 8.62. The molecule has 0 radical (unpaired) electrons. The number of nitro groups is 1. The van der Waals surface area contributed by atoms with E-state index in [0.29, 0.717) is 17.9 Å². The lowest BCUT2D eigenvalue weighted by Crippen LogP contribution is -2.41. The van der Waals surface area contributed by atoms with Gasteiger partial charge in [0.2, 0.25) is 0 Å². The second kappa shape index (κ2) is 11.4. The van der Waals surface area contributed by atoms with Gasteiger partial charge in [0.1, 0.15) is 11.3 Å². The molecule has 0 atom stereocenters. The summed E-state index contributed by atoms with van der Waals surface area (Å²) in [6.45, 7) is 2.80. The van der Waals surface area contributed by atoms with Gasteiger partial charge < -0.3 is 4.74 Å². The Morgan fingerprint density at radius 3 is 2.28 bits per heavy atom. The average Bonchev–Trinajstić information content (AvgIpc) is 2.74. The zero-order valence-corrected chi connectivity index (χ0v) is 16.3. The summed E-state index contributed by atoms with van der Waals surface area (Å²) in [4.78, 5) is 34.6. The molecule has 0 unspecified atom stereocenters. The van der Waals surface area contributed by atoms with Crippen LogP contribution in [0, 0.1) is 10.1 Å². The zero-order valence-electron chi connectivity index (χ0n) is 16.3. The SMILES string of the molecule is CCCCCCCOc1ccc(C(=O)NNC(=O)c2ccccc2[N+](=O)[O-])cc1. The molecule has 0 aromatic heterocycles. The van der Waals surface area contributed by atoms with Crippen LogP contribution in [0.25, 0.3) is 0 Å². The predicted octanol–water partition coefficient (Wildman–Crippen LogP) is 4.02. The summed E-state index contributed by atoms with van der Waals surface area (Å²) < 4.78 is 5.65. The molecule has 0 saturated heterocycles. The Balaban J connectivity index is 1.82. The Hall–Kier alpha value is -3.42. The van der Waals surface area contributed by atoms with Crippen molar-refractivity contribution in [1.29, 1.82) is 0 Å². The minimum absolute atomic E-state index is 0.138. The molecule has 0 saturated carbocycles. The number of nitro benzene ring substituents is 1. The summed E-state index contributed by atoms with van der Waals surface area (Å²) in [7, 11) is 0. The minimum Gasteiger partial charge on any atom is -0.494 e. The first-order chi connectivity index (χ1) is 14.0. The molecule has 2 amide bonds. The van der Waals surface area contributed by atoms with Crippen LogP contribution >= 0.6 is 0 Å². The second-order valence-electron chi connectivity index (χ2n) is 6.47. The number of rotatable bonds is 10. The largest absolute Gasteiger partial charge is 0.494 e. The fraction of sp³-hybridized carbons (Fsp3) is 0.333. The first-order valence-corrected chi connectivity index (χ1v) is 9.60. The third kappa shape index (κ3) is 6.91. The molecule has 8 heteroatoms. The van der Waals surface area contributed by atoms with Crippen molar-refractivity contribution in [2.75, 3.05) is 6.61 Å². The van der Waals surface area contributed by atoms with Crippen LogP contribution in [0.5, 0.6) is 5.75 Å². The van der Waals surface area contributed by atoms with Crippen LogP contribution < -0.4 is 15.6 Å². The third-order valence-electron chi connectivity index (χ3n) is 4.27. The highest BCUT2D eigenvalue weighted by Gasteiger charge is 2.19. The summed E-state index contributed by atoms with van der Waals surface area (Å²) in [5.74, 6) is -0.641. The monoisotopic (exact) mass is 399 g/mol. The molecule has 0 aliphatic carbocycles. The summed E-state index contributed by atoms with van der Waals surface area (Å²) in [6.07, 6.45) is 5.76. The maximum absolute atomic E-state index is 12.2. The van der Waals surface area contributed by atoms with Crippen molar-refractivity contribution in [1.82, 2.24) is 10.9 Å². The molecule has 0 fully saturated rings. The van der Waals surface area contributed by atoms with Crippen LogP contribution in [0.15, 0.2) is 48.5 Å². The van der Waals surface area contributed by atoms with Crippen molar-refractivity contribution in [3.05, 3.63) is 69.8 Å². The van der Waals surface area contributed by atoms with Gasteiger partial charge in [0, 0.05) is 11.6 Å². The molecule has 2 N–H and O–H groups in total. The lowest BCUT2D eigenvalue weighted by Gasteiger charge is -2.09. The summed E-state index contributed by atoms with van der Waals surface area (Å²) in [6, 6.07) is 12.0. The Labute approximate surface area is 169 Å². The van der Waals surface area contributed by atoms with Crippen molar-refractivity contribution in [2.45, 2.75) is 39.0 Å². The second-order valence-corrected chi connectivity index (χ2v) is 6.47. The van der Waals surface area contributed by atoms with Gasteiger partial charge in [-0.05, 0) is 36.8 Å². The summed E-state index contributed by atoms with van der Waals surface area (Å²) >= 11 is 0. The van der Waals surface area contributed by atoms with Crippen LogP contribution in [0.4, 0.5) is 5.69 Å². The van der Waals surface area contributed by atoms with Gasteiger partial charge in [0.15, 0.2) is 0 Å². The number of hydrogen-bond acceptors (Lipinski definition) is 5. The number of benzene rings is 2. The van der Waals surface area contributed by atoms with Gasteiger partial charge in [-0.3, -0.25) is 30.6 Å². The number of amides is 2. The number of unbranched alkanes of at least 4 members (excludes halogenated alkanes) is 4. The molecular formula is C21H25N3O5. The molecule has 2 aromatic carbocycles. The molecule has 0 aliphatic rings. The molecular weight excluding hydrogens is 374 g/mol. The fourth-order valence-electron chi connectivity index (χ4n) is 2.68. The third-order valence-corrected chi connectivity index (χ3v) is 4.27. The quantitative estimate of drug-likeness (QED) is 0.356. The predicted molar refractivity (Wildman–Crippen MR) is 109 cm³/mol. The Morgan fingerprint density at radius 2 is 1.59 bits per heavy atom. The topological polar surface area (TPSA) is 111 Å². The van der Waals surface area contributed by atoms with Crippen molar-refractivity contribution in [2.24, 2.45) is 0 Å². The van der Waals surface area contributed by atoms with Gasteiger partial charge in [0.05, 0.1) is 11.5 Å². The van der Waals surface area contributed by atoms with E-state index < -0.39 is 16.7 Å². The highest BCUT2D eigenvalue weighted by atomic mass is 16.6. The van der Waals surface area contributed by atoms with Crippen LogP contribution in [-0.4, -0.2) is 23.3 Å². The molecule has 29 heavy (non-hydrogen) atoms. The molecule has 2 aromatic rings. The number of nitrogens with zero attached hydrogens (tertiary/aromatic N) is 1. The Bertz CT molecular complexity index is 836. The summed E-state index contributed by atoms with van der Waals surface area (Å²) in [5, 5.41) is 11.0. The fourth-order valence-corrected chi connectivity index (χ4v) is 2.68. The maximum atomic E-state index is 12.2. The van der Waals surface area contributed by atoms with Gasteiger partial charge in [-0.2, -0.15) is 0 Å². The van der Waals surface area contributed by atoms with Crippen molar-refractivity contribution in [3.8, 4) is 5.75 Å². The molecule has 0 aliphatic heterocycles. The smallest absolute Gasteiger partial charge is 0.282 e. The van der Waals surface area contributed by atoms with E-state index in [1.54, 1.807) is 24.3 Å². The number of carbonyl (C=O) groups is 2. The van der Waals surface area contributed by atoms with E-state index >= 15 is 0 Å². The van der Waals surface area contributed by atoms with E-state index in [1.807, 2.05) is 0 Å². The lowest BCUT2D eigenvalue weighted by atomic mass is 10.1. The zero-order chi connectivity index (χ0) is 21.1. The maximum Gasteiger partial charge on any atom is 0.282 e. The van der Waals surface area contributed by atoms with Crippen molar-refractivity contribution >= 4 is 17.5 Å². The molecule has 0 bridgehead atoms. The molecule has 0 spiro atoms. The van der Waals surface area contributed by atoms with Gasteiger partial charge in [-0.15, -0.1) is 0 Å². The minimum atomic E-state index is -0.770. The number of ether oxygens (including phenoxy) is 1. The first kappa shape index (κ1) is 21.9. The van der Waals surface area contributed by atoms with Crippen LogP contribution in [0.1, 0.15) is 59.7 Å². The lowest BCUT2D eigenvalue weighted by molar-refractivity contribution is -0.385. The van der Waals surface area contributed by atoms with Crippen molar-refractivity contribution in [3.63, 3.8) is 0 Å². The van der Waals surface area contributed by atoms with Gasteiger partial charge >= 0.3 is 0 Å². The number of nitrogens with one attached hydrogen (secondary N) is 2. The number of para-hydroxylation sites is 1. The molecule has 154 valence electrons. The van der Waals surface area contributed by atoms with E-state index in [1.165, 1.54) is 43.5 Å². The number of hydrazine groups is 1. The van der Waals surface area contributed by atoms with Gasteiger partial charge in [-0.1, -0.05) is 44.7 Å². The van der Waals surface area contributed by atoms with Crippen LogP contribution in [0.3, 0.4) is 0 Å². The van der Waals surface area contributed by atoms with E-state index in [2.05, 4.69) is 17.8 Å². The molecule has 2 rings (SSSR count). The highest BCUT2D eigenvalue weighted by molar-refractivity contribution is 6.01. The van der Waals surface area contributed by atoms with Gasteiger partial charge in [-0.25, -0.2) is 0 Å². The van der Waals surface area contributed by atoms with Crippen molar-refractivity contribution < 1.29 is 19.2 Å². The standard InChI is InChI=1S/C21H25N3O5/c1-2-3-4-5-8-15-29-17-13-11-16(12-14-17)20(25)22-23-21(26)18-9-6-7-10-19(18)24(27)28/h6-7,9-14H,2-5,8,15H2,1H3,(H,22,25)(H,23,26). The summed E-state index contributed by atoms with van der Waals surface area (Å²) in [5.41, 5.74) is 4.29. The molecule has 0 heterocycles. The average molecular weight is 399 g/mol. The van der Waals surface area contributed by atoms with E-state index in [-0.39, 0.29) is 11.3 Å². The van der Waals surface area contributed by atoms with Crippen LogP contribution in [-0.2, 0) is 0 Å². The van der Waals surface area contributed by atoms with Gasteiger partial charge in [0.25, 0.3) is 17.5 Å². The Morgan fingerprint density at radius 1 is 0.931 bits per heavy atom.